The van der Waals surface area contributed by atoms with E-state index in [1.807, 2.05) is 0 Å². The van der Waals surface area contributed by atoms with Gasteiger partial charge in [0.25, 0.3) is 0 Å². The number of ether oxygens (including phenoxy) is 1. The Hall–Kier alpha value is -2.11. The van der Waals surface area contributed by atoms with Gasteiger partial charge in [-0.05, 0) is 6.07 Å². The first-order chi connectivity index (χ1) is 7.04. The van der Waals surface area contributed by atoms with Crippen LogP contribution in [0.5, 0.6) is 5.75 Å². The molecule has 0 unspecified atom stereocenters. The topological polar surface area (TPSA) is 88.5 Å². The molecule has 15 heavy (non-hydrogen) atoms. The molecule has 0 bridgehead atoms. The summed E-state index contributed by atoms with van der Waals surface area (Å²) >= 11 is 0. The van der Waals surface area contributed by atoms with E-state index in [1.165, 1.54) is 26.3 Å². The van der Waals surface area contributed by atoms with Gasteiger partial charge in [-0.1, -0.05) is 0 Å². The second kappa shape index (κ2) is 4.41. The van der Waals surface area contributed by atoms with Gasteiger partial charge in [-0.3, -0.25) is 4.79 Å². The number of methoxy groups -OCH3 is 1. The third kappa shape index (κ3) is 2.67. The summed E-state index contributed by atoms with van der Waals surface area (Å²) in [5.74, 6) is -1.22. The van der Waals surface area contributed by atoms with Crippen LogP contribution < -0.4 is 10.1 Å². The molecule has 1 amide bonds. The van der Waals surface area contributed by atoms with Crippen LogP contribution in [0.1, 0.15) is 17.3 Å². The third-order valence-electron chi connectivity index (χ3n) is 1.62. The maximum absolute atomic E-state index is 10.8. The minimum absolute atomic E-state index is 0.0100. The number of hydrogen-bond donors (Lipinski definition) is 2. The normalized spacial score (nSPS) is 9.47. The number of carbonyl (C=O) groups excluding carboxylic acids is 1. The van der Waals surface area contributed by atoms with Gasteiger partial charge in [0.2, 0.25) is 5.91 Å². The fourth-order valence-corrected chi connectivity index (χ4v) is 0.987. The van der Waals surface area contributed by atoms with Crippen molar-refractivity contribution in [1.82, 2.24) is 4.98 Å². The van der Waals surface area contributed by atoms with Gasteiger partial charge in [0.15, 0.2) is 0 Å². The number of carboxylic acid groups (broad SMARTS) is 1. The van der Waals surface area contributed by atoms with E-state index in [2.05, 4.69) is 10.3 Å². The fourth-order valence-electron chi connectivity index (χ4n) is 0.987. The van der Waals surface area contributed by atoms with Crippen LogP contribution in [0.4, 0.5) is 5.82 Å². The lowest BCUT2D eigenvalue weighted by Crippen LogP contribution is -2.12. The minimum atomic E-state index is -1.18. The molecule has 0 radical (unpaired) electrons. The first-order valence-electron chi connectivity index (χ1n) is 4.09. The molecule has 0 aliphatic heterocycles. The van der Waals surface area contributed by atoms with Crippen LogP contribution in [0.25, 0.3) is 0 Å². The Bertz CT molecular complexity index is 403. The Morgan fingerprint density at radius 2 is 2.20 bits per heavy atom. The number of rotatable bonds is 3. The van der Waals surface area contributed by atoms with Gasteiger partial charge in [-0.25, -0.2) is 9.78 Å². The Balaban J connectivity index is 3.15. The number of amides is 1. The number of aromatic carboxylic acids is 1. The highest BCUT2D eigenvalue weighted by Gasteiger charge is 2.13. The lowest BCUT2D eigenvalue weighted by atomic mass is 10.2. The van der Waals surface area contributed by atoms with Crippen molar-refractivity contribution in [2.45, 2.75) is 6.92 Å². The zero-order chi connectivity index (χ0) is 11.4. The molecule has 0 atom stereocenters. The molecule has 0 saturated carbocycles. The van der Waals surface area contributed by atoms with Crippen molar-refractivity contribution in [1.29, 1.82) is 0 Å². The second-order valence-electron chi connectivity index (χ2n) is 2.76. The second-order valence-corrected chi connectivity index (χ2v) is 2.76. The summed E-state index contributed by atoms with van der Waals surface area (Å²) in [7, 11) is 1.40. The monoisotopic (exact) mass is 210 g/mol. The first-order valence-corrected chi connectivity index (χ1v) is 4.09. The lowest BCUT2D eigenvalue weighted by Gasteiger charge is -2.06. The highest BCUT2D eigenvalue weighted by molar-refractivity contribution is 5.98. The number of carbonyl (C=O) groups is 2. The predicted octanol–water partition coefficient (Wildman–Crippen LogP) is 0.747. The minimum Gasteiger partial charge on any atom is -0.495 e. The molecule has 0 aliphatic rings. The SMILES string of the molecule is COc1cnc(NC(C)=O)c(C(=O)O)c1. The summed E-state index contributed by atoms with van der Waals surface area (Å²) in [6.45, 7) is 1.28. The van der Waals surface area contributed by atoms with E-state index in [1.54, 1.807) is 0 Å². The van der Waals surface area contributed by atoms with Crippen molar-refractivity contribution in [3.05, 3.63) is 17.8 Å². The van der Waals surface area contributed by atoms with Crippen molar-refractivity contribution in [3.63, 3.8) is 0 Å². The molecular weight excluding hydrogens is 200 g/mol. The molecular formula is C9H10N2O4. The van der Waals surface area contributed by atoms with E-state index in [9.17, 15) is 9.59 Å². The number of nitrogens with one attached hydrogen (secondary N) is 1. The molecule has 0 fully saturated rings. The van der Waals surface area contributed by atoms with Gasteiger partial charge in [-0.15, -0.1) is 0 Å². The Labute approximate surface area is 85.9 Å². The summed E-state index contributed by atoms with van der Waals surface area (Å²) in [4.78, 5) is 25.4. The molecule has 0 saturated heterocycles. The third-order valence-corrected chi connectivity index (χ3v) is 1.62. The lowest BCUT2D eigenvalue weighted by molar-refractivity contribution is -0.114. The van der Waals surface area contributed by atoms with E-state index in [-0.39, 0.29) is 17.3 Å². The van der Waals surface area contributed by atoms with Crippen LogP contribution in [0.15, 0.2) is 12.3 Å². The first kappa shape index (κ1) is 11.0. The van der Waals surface area contributed by atoms with Crippen molar-refractivity contribution >= 4 is 17.7 Å². The Morgan fingerprint density at radius 1 is 1.53 bits per heavy atom. The largest absolute Gasteiger partial charge is 0.495 e. The maximum Gasteiger partial charge on any atom is 0.339 e. The average Bonchev–Trinajstić information content (AvgIpc) is 2.17. The maximum atomic E-state index is 10.8. The van der Waals surface area contributed by atoms with Gasteiger partial charge in [0.05, 0.1) is 13.3 Å². The molecule has 6 heteroatoms. The molecule has 1 aromatic heterocycles. The van der Waals surface area contributed by atoms with E-state index in [4.69, 9.17) is 9.84 Å². The number of pyridine rings is 1. The van der Waals surface area contributed by atoms with Crippen molar-refractivity contribution in [3.8, 4) is 5.75 Å². The highest BCUT2D eigenvalue weighted by Crippen LogP contribution is 2.18. The fraction of sp³-hybridized carbons (Fsp3) is 0.222. The average molecular weight is 210 g/mol. The van der Waals surface area contributed by atoms with Crippen LogP contribution in [-0.2, 0) is 4.79 Å². The van der Waals surface area contributed by atoms with Crippen molar-refractivity contribution in [2.75, 3.05) is 12.4 Å². The summed E-state index contributed by atoms with van der Waals surface area (Å²) < 4.78 is 4.83. The standard InChI is InChI=1S/C9H10N2O4/c1-5(12)11-8-7(9(13)14)3-6(15-2)4-10-8/h3-4H,1-2H3,(H,13,14)(H,10,11,12). The number of nitrogens with zero attached hydrogens (tertiary/aromatic N) is 1. The molecule has 1 rings (SSSR count). The molecule has 0 spiro atoms. The molecule has 6 nitrogen and oxygen atoms in total. The number of hydrogen-bond acceptors (Lipinski definition) is 4. The van der Waals surface area contributed by atoms with Crippen LogP contribution in [-0.4, -0.2) is 29.1 Å². The van der Waals surface area contributed by atoms with Gasteiger partial charge in [-0.2, -0.15) is 0 Å². The molecule has 2 N–H and O–H groups in total. The summed E-state index contributed by atoms with van der Waals surface area (Å²) in [5.41, 5.74) is -0.107. The van der Waals surface area contributed by atoms with Gasteiger partial charge < -0.3 is 15.2 Å². The van der Waals surface area contributed by atoms with Crippen molar-refractivity contribution in [2.24, 2.45) is 0 Å². The van der Waals surface area contributed by atoms with E-state index < -0.39 is 5.97 Å². The summed E-state index contributed by atoms with van der Waals surface area (Å²) in [5, 5.41) is 11.2. The van der Waals surface area contributed by atoms with Crippen LogP contribution >= 0.6 is 0 Å². The predicted molar refractivity (Wildman–Crippen MR) is 52.1 cm³/mol. The molecule has 0 aromatic carbocycles. The summed E-state index contributed by atoms with van der Waals surface area (Å²) in [6.07, 6.45) is 1.33. The van der Waals surface area contributed by atoms with Crippen LogP contribution in [0, 0.1) is 0 Å². The Morgan fingerprint density at radius 3 is 2.67 bits per heavy atom. The Kier molecular flexibility index (Phi) is 3.22. The van der Waals surface area contributed by atoms with Gasteiger partial charge >= 0.3 is 5.97 Å². The molecule has 1 heterocycles. The van der Waals surface area contributed by atoms with Crippen molar-refractivity contribution < 1.29 is 19.4 Å². The molecule has 80 valence electrons. The van der Waals surface area contributed by atoms with Gasteiger partial charge in [0, 0.05) is 6.92 Å². The molecule has 0 aliphatic carbocycles. The quantitative estimate of drug-likeness (QED) is 0.768. The van der Waals surface area contributed by atoms with E-state index in [0.717, 1.165) is 0 Å². The summed E-state index contributed by atoms with van der Waals surface area (Å²) in [6, 6.07) is 1.29. The zero-order valence-corrected chi connectivity index (χ0v) is 8.27. The number of aromatic nitrogens is 1. The van der Waals surface area contributed by atoms with E-state index >= 15 is 0 Å². The highest BCUT2D eigenvalue weighted by atomic mass is 16.5. The number of anilines is 1. The molecule has 1 aromatic rings. The number of carboxylic acids is 1. The van der Waals surface area contributed by atoms with Crippen LogP contribution in [0.2, 0.25) is 0 Å². The zero-order valence-electron chi connectivity index (χ0n) is 8.27. The smallest absolute Gasteiger partial charge is 0.339 e. The van der Waals surface area contributed by atoms with Gasteiger partial charge in [0.1, 0.15) is 17.1 Å². The van der Waals surface area contributed by atoms with Crippen LogP contribution in [0.3, 0.4) is 0 Å². The van der Waals surface area contributed by atoms with E-state index in [0.29, 0.717) is 5.75 Å².